The molecular weight excluding hydrogens is 382 g/mol. The zero-order valence-electron chi connectivity index (χ0n) is 17.2. The summed E-state index contributed by atoms with van der Waals surface area (Å²) in [6.45, 7) is 1.73. The Morgan fingerprint density at radius 1 is 1.03 bits per heavy atom. The van der Waals surface area contributed by atoms with Crippen LogP contribution < -0.4 is 14.8 Å². The van der Waals surface area contributed by atoms with E-state index in [0.29, 0.717) is 43.7 Å². The number of allylic oxidation sites excluding steroid dienone is 5. The van der Waals surface area contributed by atoms with Crippen LogP contribution in [0.2, 0.25) is 0 Å². The first-order valence-electron chi connectivity index (χ1n) is 9.59. The van der Waals surface area contributed by atoms with E-state index in [4.69, 9.17) is 25.4 Å². The molecule has 0 fully saturated rings. The van der Waals surface area contributed by atoms with E-state index in [9.17, 15) is 0 Å². The van der Waals surface area contributed by atoms with Gasteiger partial charge >= 0.3 is 0 Å². The molecule has 0 radical (unpaired) electrons. The lowest BCUT2D eigenvalue weighted by Gasteiger charge is -2.15. The predicted octanol–water partition coefficient (Wildman–Crippen LogP) is 3.50. The summed E-state index contributed by atoms with van der Waals surface area (Å²) in [5, 5.41) is 4.14. The number of ether oxygens (including phenoxy) is 4. The average molecular weight is 407 g/mol. The largest absolute Gasteiger partial charge is 0.487 e. The topological polar surface area (TPSA) is 74.7 Å². The van der Waals surface area contributed by atoms with Gasteiger partial charge in [0.2, 0.25) is 0 Å². The third kappa shape index (κ3) is 5.60. The first kappa shape index (κ1) is 21.4. The Hall–Kier alpha value is -3.34. The molecule has 1 aromatic heterocycles. The molecule has 1 aliphatic rings. The molecule has 2 aromatic rings. The summed E-state index contributed by atoms with van der Waals surface area (Å²) in [7, 11) is 3.25. The van der Waals surface area contributed by atoms with Crippen LogP contribution in [0.5, 0.6) is 11.5 Å². The Bertz CT molecular complexity index is 1010. The lowest BCUT2D eigenvalue weighted by atomic mass is 10.2. The molecule has 30 heavy (non-hydrogen) atoms. The van der Waals surface area contributed by atoms with Crippen molar-refractivity contribution in [3.05, 3.63) is 54.0 Å². The minimum Gasteiger partial charge on any atom is -0.487 e. The zero-order chi connectivity index (χ0) is 21.2. The van der Waals surface area contributed by atoms with E-state index in [1.54, 1.807) is 14.2 Å². The number of benzene rings is 1. The van der Waals surface area contributed by atoms with Crippen molar-refractivity contribution in [3.63, 3.8) is 0 Å². The van der Waals surface area contributed by atoms with Gasteiger partial charge in [-0.1, -0.05) is 18.1 Å². The van der Waals surface area contributed by atoms with Crippen LogP contribution in [0.4, 0.5) is 5.82 Å². The van der Waals surface area contributed by atoms with Gasteiger partial charge in [-0.2, -0.15) is 0 Å². The summed E-state index contributed by atoms with van der Waals surface area (Å²) < 4.78 is 21.9. The van der Waals surface area contributed by atoms with Gasteiger partial charge < -0.3 is 24.3 Å². The fraction of sp³-hybridized carbons (Fsp3) is 0.304. The summed E-state index contributed by atoms with van der Waals surface area (Å²) in [5.41, 5.74) is 2.39. The highest BCUT2D eigenvalue weighted by molar-refractivity contribution is 5.92. The fourth-order valence-electron chi connectivity index (χ4n) is 2.84. The minimum atomic E-state index is 0.392. The van der Waals surface area contributed by atoms with Crippen LogP contribution in [-0.4, -0.2) is 50.6 Å². The van der Waals surface area contributed by atoms with E-state index in [1.165, 1.54) is 6.33 Å². The van der Waals surface area contributed by atoms with E-state index in [0.717, 1.165) is 28.6 Å². The molecule has 0 spiro atoms. The number of hydrogen-bond donors (Lipinski definition) is 1. The highest BCUT2D eigenvalue weighted by Gasteiger charge is 2.13. The van der Waals surface area contributed by atoms with Crippen molar-refractivity contribution in [2.75, 3.05) is 46.0 Å². The lowest BCUT2D eigenvalue weighted by Crippen LogP contribution is -2.09. The van der Waals surface area contributed by atoms with Gasteiger partial charge in [-0.25, -0.2) is 9.97 Å². The number of hydrogen-bond acceptors (Lipinski definition) is 7. The Labute approximate surface area is 176 Å². The predicted molar refractivity (Wildman–Crippen MR) is 117 cm³/mol. The molecule has 1 heterocycles. The number of nitrogens with zero attached hydrogens (tertiary/aromatic N) is 2. The molecule has 1 aliphatic carbocycles. The van der Waals surface area contributed by atoms with Crippen LogP contribution in [0.15, 0.2) is 54.0 Å². The second kappa shape index (κ2) is 11.0. The molecule has 0 atom stereocenters. The standard InChI is InChI=1S/C23H25N3O4/c1-4-17-7-5-6-8-18(13-17)26-23-19-14-21(29-11-9-27-2)22(30-12-10-28-3)15-20(19)24-16-25-23/h1,6-8,13-16H,5,9-12H2,2-3H3,(H,24,25,26). The smallest absolute Gasteiger partial charge is 0.163 e. The molecule has 0 unspecified atom stereocenters. The second-order valence-electron chi connectivity index (χ2n) is 6.39. The van der Waals surface area contributed by atoms with Crippen molar-refractivity contribution in [2.24, 2.45) is 0 Å². The van der Waals surface area contributed by atoms with Crippen molar-refractivity contribution >= 4 is 16.7 Å². The summed E-state index contributed by atoms with van der Waals surface area (Å²) in [4.78, 5) is 8.80. The fourth-order valence-corrected chi connectivity index (χ4v) is 2.84. The Balaban J connectivity index is 1.95. The van der Waals surface area contributed by atoms with Gasteiger partial charge in [0, 0.05) is 36.9 Å². The van der Waals surface area contributed by atoms with Gasteiger partial charge in [0.15, 0.2) is 11.5 Å². The SMILES string of the molecule is C#CC1=CCC=CC(Nc2ncnc3cc(OCCOC)c(OCCOC)cc23)=C1. The first-order valence-corrected chi connectivity index (χ1v) is 9.59. The normalized spacial score (nSPS) is 13.2. The quantitative estimate of drug-likeness (QED) is 0.477. The highest BCUT2D eigenvalue weighted by Crippen LogP contribution is 2.34. The van der Waals surface area contributed by atoms with Crippen LogP contribution >= 0.6 is 0 Å². The first-order chi connectivity index (χ1) is 14.7. The molecule has 0 bridgehead atoms. The van der Waals surface area contributed by atoms with Crippen LogP contribution in [0.3, 0.4) is 0 Å². The average Bonchev–Trinajstić information content (AvgIpc) is 2.99. The maximum Gasteiger partial charge on any atom is 0.163 e. The van der Waals surface area contributed by atoms with Gasteiger partial charge in [0.25, 0.3) is 0 Å². The molecule has 7 nitrogen and oxygen atoms in total. The molecule has 0 saturated heterocycles. The molecule has 1 N–H and O–H groups in total. The Morgan fingerprint density at radius 3 is 2.47 bits per heavy atom. The second-order valence-corrected chi connectivity index (χ2v) is 6.39. The van der Waals surface area contributed by atoms with Gasteiger partial charge in [-0.15, -0.1) is 6.42 Å². The number of anilines is 1. The molecular formula is C23H25N3O4. The van der Waals surface area contributed by atoms with E-state index in [-0.39, 0.29) is 0 Å². The monoisotopic (exact) mass is 407 g/mol. The third-order valence-electron chi connectivity index (χ3n) is 4.30. The summed E-state index contributed by atoms with van der Waals surface area (Å²) in [5.74, 6) is 4.50. The Morgan fingerprint density at radius 2 is 1.77 bits per heavy atom. The van der Waals surface area contributed by atoms with E-state index in [1.807, 2.05) is 36.4 Å². The molecule has 1 aromatic carbocycles. The van der Waals surface area contributed by atoms with E-state index >= 15 is 0 Å². The van der Waals surface area contributed by atoms with E-state index in [2.05, 4.69) is 21.2 Å². The minimum absolute atomic E-state index is 0.392. The van der Waals surface area contributed by atoms with Crippen molar-refractivity contribution < 1.29 is 18.9 Å². The summed E-state index contributed by atoms with van der Waals surface area (Å²) in [6, 6.07) is 3.71. The number of terminal acetylenes is 1. The van der Waals surface area contributed by atoms with Crippen molar-refractivity contribution in [2.45, 2.75) is 6.42 Å². The number of aromatic nitrogens is 2. The van der Waals surface area contributed by atoms with Crippen LogP contribution in [0, 0.1) is 12.3 Å². The van der Waals surface area contributed by atoms with Gasteiger partial charge in [0.05, 0.1) is 18.7 Å². The van der Waals surface area contributed by atoms with Crippen LogP contribution in [0.25, 0.3) is 10.9 Å². The van der Waals surface area contributed by atoms with E-state index < -0.39 is 0 Å². The van der Waals surface area contributed by atoms with Crippen molar-refractivity contribution in [1.82, 2.24) is 9.97 Å². The molecule has 0 aliphatic heterocycles. The summed E-state index contributed by atoms with van der Waals surface area (Å²) >= 11 is 0. The van der Waals surface area contributed by atoms with Crippen molar-refractivity contribution in [1.29, 1.82) is 0 Å². The lowest BCUT2D eigenvalue weighted by molar-refractivity contribution is 0.132. The summed E-state index contributed by atoms with van der Waals surface area (Å²) in [6.07, 6.45) is 15.8. The van der Waals surface area contributed by atoms with Crippen LogP contribution in [0.1, 0.15) is 6.42 Å². The maximum atomic E-state index is 5.88. The molecule has 3 rings (SSSR count). The van der Waals surface area contributed by atoms with Crippen LogP contribution in [-0.2, 0) is 9.47 Å². The molecule has 0 amide bonds. The molecule has 0 saturated carbocycles. The van der Waals surface area contributed by atoms with Gasteiger partial charge in [0.1, 0.15) is 25.4 Å². The van der Waals surface area contributed by atoms with Gasteiger partial charge in [-0.05, 0) is 24.6 Å². The van der Waals surface area contributed by atoms with Crippen molar-refractivity contribution in [3.8, 4) is 23.8 Å². The molecule has 156 valence electrons. The third-order valence-corrected chi connectivity index (χ3v) is 4.30. The zero-order valence-corrected chi connectivity index (χ0v) is 17.2. The molecule has 7 heteroatoms. The number of fused-ring (bicyclic) bond motifs is 1. The number of rotatable bonds is 10. The maximum absolute atomic E-state index is 5.88. The number of nitrogens with one attached hydrogen (secondary N) is 1. The Kier molecular flexibility index (Phi) is 7.84. The highest BCUT2D eigenvalue weighted by atomic mass is 16.5. The number of methoxy groups -OCH3 is 2. The van der Waals surface area contributed by atoms with Gasteiger partial charge in [-0.3, -0.25) is 0 Å².